The van der Waals surface area contributed by atoms with Crippen molar-refractivity contribution in [2.45, 2.75) is 12.8 Å². The third kappa shape index (κ3) is 4.03. The summed E-state index contributed by atoms with van der Waals surface area (Å²) in [6.45, 7) is 4.69. The van der Waals surface area contributed by atoms with Crippen LogP contribution in [-0.2, 0) is 20.7 Å². The Kier molecular flexibility index (Phi) is 6.15. The fourth-order valence-electron chi connectivity index (χ4n) is 4.94. The predicted molar refractivity (Wildman–Crippen MR) is 126 cm³/mol. The number of nitrogens with zero attached hydrogens (tertiary/aromatic N) is 3. The molecule has 7 heteroatoms. The van der Waals surface area contributed by atoms with Crippen molar-refractivity contribution in [3.8, 4) is 5.75 Å². The zero-order valence-electron chi connectivity index (χ0n) is 19.0. The SMILES string of the molecule is COc1ccccc1C1=C(N2CCCc3ccccc32)C(=O)N(CCN2CCOCC2)C1=O. The van der Waals surface area contributed by atoms with Gasteiger partial charge in [-0.05, 0) is 30.5 Å². The van der Waals surface area contributed by atoms with Gasteiger partial charge in [-0.15, -0.1) is 0 Å². The molecule has 2 amide bonds. The minimum atomic E-state index is -0.254. The average Bonchev–Trinajstić information content (AvgIpc) is 3.11. The van der Waals surface area contributed by atoms with Crippen LogP contribution in [0.15, 0.2) is 54.2 Å². The Labute approximate surface area is 194 Å². The summed E-state index contributed by atoms with van der Waals surface area (Å²) in [5.74, 6) is 0.105. The van der Waals surface area contributed by atoms with Crippen LogP contribution < -0.4 is 9.64 Å². The molecule has 3 aliphatic heterocycles. The number of carbonyl (C=O) groups is 2. The summed E-state index contributed by atoms with van der Waals surface area (Å²) in [5, 5.41) is 0. The van der Waals surface area contributed by atoms with E-state index in [0.717, 1.165) is 31.6 Å². The van der Waals surface area contributed by atoms with Crippen molar-refractivity contribution >= 4 is 23.1 Å². The molecule has 33 heavy (non-hydrogen) atoms. The Morgan fingerprint density at radius 1 is 0.909 bits per heavy atom. The van der Waals surface area contributed by atoms with Crippen LogP contribution in [0, 0.1) is 0 Å². The number of benzene rings is 2. The van der Waals surface area contributed by atoms with Gasteiger partial charge in [0.1, 0.15) is 11.4 Å². The van der Waals surface area contributed by atoms with E-state index < -0.39 is 0 Å². The van der Waals surface area contributed by atoms with Crippen molar-refractivity contribution in [2.75, 3.05) is 57.9 Å². The fourth-order valence-corrected chi connectivity index (χ4v) is 4.94. The summed E-state index contributed by atoms with van der Waals surface area (Å²) in [6.07, 6.45) is 1.89. The number of hydrogen-bond acceptors (Lipinski definition) is 6. The van der Waals surface area contributed by atoms with Gasteiger partial charge in [0.15, 0.2) is 0 Å². The number of ether oxygens (including phenoxy) is 2. The first-order valence-corrected chi connectivity index (χ1v) is 11.6. The lowest BCUT2D eigenvalue weighted by atomic mass is 9.98. The van der Waals surface area contributed by atoms with Crippen molar-refractivity contribution in [2.24, 2.45) is 0 Å². The van der Waals surface area contributed by atoms with Crippen LogP contribution in [0.25, 0.3) is 5.57 Å². The van der Waals surface area contributed by atoms with Crippen LogP contribution in [0.2, 0.25) is 0 Å². The quantitative estimate of drug-likeness (QED) is 0.635. The Morgan fingerprint density at radius 2 is 1.67 bits per heavy atom. The van der Waals surface area contributed by atoms with E-state index in [-0.39, 0.29) is 11.8 Å². The maximum Gasteiger partial charge on any atom is 0.278 e. The molecule has 0 spiro atoms. The van der Waals surface area contributed by atoms with Crippen LogP contribution in [0.4, 0.5) is 5.69 Å². The molecule has 0 atom stereocenters. The molecule has 1 saturated heterocycles. The largest absolute Gasteiger partial charge is 0.496 e. The van der Waals surface area contributed by atoms with Crippen molar-refractivity contribution in [3.05, 3.63) is 65.4 Å². The molecule has 3 aliphatic rings. The Balaban J connectivity index is 1.55. The van der Waals surface area contributed by atoms with Gasteiger partial charge in [0.05, 0.1) is 25.9 Å². The highest BCUT2D eigenvalue weighted by molar-refractivity contribution is 6.37. The summed E-state index contributed by atoms with van der Waals surface area (Å²) in [5.41, 5.74) is 3.74. The summed E-state index contributed by atoms with van der Waals surface area (Å²) in [4.78, 5) is 33.2. The molecule has 1 fully saturated rings. The minimum absolute atomic E-state index is 0.231. The fraction of sp³-hybridized carbons (Fsp3) is 0.385. The highest BCUT2D eigenvalue weighted by atomic mass is 16.5. The van der Waals surface area contributed by atoms with Crippen LogP contribution in [0.3, 0.4) is 0 Å². The number of rotatable bonds is 6. The van der Waals surface area contributed by atoms with Gasteiger partial charge in [-0.2, -0.15) is 0 Å². The number of carbonyl (C=O) groups excluding carboxylic acids is 2. The van der Waals surface area contributed by atoms with Gasteiger partial charge in [-0.3, -0.25) is 19.4 Å². The Bertz CT molecular complexity index is 1090. The normalized spacial score (nSPS) is 19.3. The summed E-state index contributed by atoms with van der Waals surface area (Å²) in [7, 11) is 1.59. The van der Waals surface area contributed by atoms with Gasteiger partial charge >= 0.3 is 0 Å². The zero-order valence-corrected chi connectivity index (χ0v) is 19.0. The molecule has 0 unspecified atom stereocenters. The number of para-hydroxylation sites is 2. The molecular weight excluding hydrogens is 418 g/mol. The second kappa shape index (κ2) is 9.37. The van der Waals surface area contributed by atoms with E-state index in [9.17, 15) is 9.59 Å². The van der Waals surface area contributed by atoms with E-state index in [1.165, 1.54) is 10.5 Å². The molecule has 0 N–H and O–H groups in total. The smallest absolute Gasteiger partial charge is 0.278 e. The third-order valence-electron chi connectivity index (χ3n) is 6.64. The van der Waals surface area contributed by atoms with Crippen molar-refractivity contribution in [1.82, 2.24) is 9.80 Å². The number of morpholine rings is 1. The second-order valence-corrected chi connectivity index (χ2v) is 8.52. The van der Waals surface area contributed by atoms with Gasteiger partial charge in [-0.1, -0.05) is 36.4 Å². The summed E-state index contributed by atoms with van der Waals surface area (Å²) in [6, 6.07) is 15.6. The number of amides is 2. The maximum absolute atomic E-state index is 13.8. The standard InChI is InChI=1S/C26H29N3O4/c1-32-22-11-5-3-9-20(22)23-24(28-12-6-8-19-7-2-4-10-21(19)28)26(31)29(25(23)30)14-13-27-15-17-33-18-16-27/h2-5,7,9-11H,6,8,12-18H2,1H3. The molecular formula is C26H29N3O4. The lowest BCUT2D eigenvalue weighted by molar-refractivity contribution is -0.137. The number of imide groups is 1. The first kappa shape index (κ1) is 21.7. The molecule has 0 aromatic heterocycles. The average molecular weight is 448 g/mol. The molecule has 0 radical (unpaired) electrons. The van der Waals surface area contributed by atoms with E-state index in [2.05, 4.69) is 11.0 Å². The number of aryl methyl sites for hydroxylation is 1. The molecule has 0 aliphatic carbocycles. The van der Waals surface area contributed by atoms with E-state index in [0.29, 0.717) is 55.4 Å². The highest BCUT2D eigenvalue weighted by Gasteiger charge is 2.43. The van der Waals surface area contributed by atoms with Crippen molar-refractivity contribution < 1.29 is 19.1 Å². The Morgan fingerprint density at radius 3 is 2.48 bits per heavy atom. The zero-order chi connectivity index (χ0) is 22.8. The topological polar surface area (TPSA) is 62.3 Å². The molecule has 5 rings (SSSR count). The van der Waals surface area contributed by atoms with Gasteiger partial charge in [-0.25, -0.2) is 0 Å². The summed E-state index contributed by atoms with van der Waals surface area (Å²) < 4.78 is 11.0. The molecule has 172 valence electrons. The van der Waals surface area contributed by atoms with Crippen molar-refractivity contribution in [3.63, 3.8) is 0 Å². The van der Waals surface area contributed by atoms with E-state index in [1.54, 1.807) is 7.11 Å². The lowest BCUT2D eigenvalue weighted by Gasteiger charge is -2.32. The van der Waals surface area contributed by atoms with Gasteiger partial charge in [0.25, 0.3) is 11.8 Å². The van der Waals surface area contributed by atoms with Crippen LogP contribution in [0.1, 0.15) is 17.5 Å². The van der Waals surface area contributed by atoms with Gasteiger partial charge in [0.2, 0.25) is 0 Å². The molecule has 7 nitrogen and oxygen atoms in total. The summed E-state index contributed by atoms with van der Waals surface area (Å²) >= 11 is 0. The van der Waals surface area contributed by atoms with Crippen LogP contribution in [-0.4, -0.2) is 74.7 Å². The highest BCUT2D eigenvalue weighted by Crippen LogP contribution is 2.40. The minimum Gasteiger partial charge on any atom is -0.496 e. The third-order valence-corrected chi connectivity index (χ3v) is 6.64. The number of methoxy groups -OCH3 is 1. The number of fused-ring (bicyclic) bond motifs is 1. The molecule has 0 bridgehead atoms. The maximum atomic E-state index is 13.8. The lowest BCUT2D eigenvalue weighted by Crippen LogP contribution is -2.44. The monoisotopic (exact) mass is 447 g/mol. The Hall–Kier alpha value is -3.16. The molecule has 2 aromatic rings. The van der Waals surface area contributed by atoms with E-state index in [4.69, 9.17) is 9.47 Å². The first-order chi connectivity index (χ1) is 16.2. The van der Waals surface area contributed by atoms with Crippen LogP contribution >= 0.6 is 0 Å². The van der Waals surface area contributed by atoms with E-state index >= 15 is 0 Å². The van der Waals surface area contributed by atoms with Crippen molar-refractivity contribution in [1.29, 1.82) is 0 Å². The molecule has 3 heterocycles. The first-order valence-electron chi connectivity index (χ1n) is 11.6. The van der Waals surface area contributed by atoms with Crippen LogP contribution in [0.5, 0.6) is 5.75 Å². The molecule has 0 saturated carbocycles. The molecule has 2 aromatic carbocycles. The number of hydrogen-bond donors (Lipinski definition) is 0. The predicted octanol–water partition coefficient (Wildman–Crippen LogP) is 2.56. The second-order valence-electron chi connectivity index (χ2n) is 8.52. The van der Waals surface area contributed by atoms with Gasteiger partial charge < -0.3 is 14.4 Å². The van der Waals surface area contributed by atoms with Gasteiger partial charge in [0, 0.05) is 44.0 Å². The number of anilines is 1. The van der Waals surface area contributed by atoms with E-state index in [1.807, 2.05) is 47.4 Å².